The van der Waals surface area contributed by atoms with Crippen molar-refractivity contribution in [3.8, 4) is 5.69 Å². The van der Waals surface area contributed by atoms with Crippen molar-refractivity contribution in [3.63, 3.8) is 0 Å². The number of aromatic nitrogens is 3. The van der Waals surface area contributed by atoms with E-state index in [0.29, 0.717) is 23.2 Å². The second-order valence-corrected chi connectivity index (χ2v) is 6.81. The van der Waals surface area contributed by atoms with Gasteiger partial charge in [0.2, 0.25) is 5.91 Å². The number of hydrogen-bond donors (Lipinski definition) is 1. The van der Waals surface area contributed by atoms with Crippen LogP contribution in [0.5, 0.6) is 0 Å². The lowest BCUT2D eigenvalue weighted by Gasteiger charge is -2.13. The smallest absolute Gasteiger partial charge is 0.434 e. The van der Waals surface area contributed by atoms with Crippen molar-refractivity contribution in [2.75, 3.05) is 11.9 Å². The number of amides is 1. The Morgan fingerprint density at radius 2 is 1.88 bits per heavy atom. The van der Waals surface area contributed by atoms with Crippen LogP contribution in [0, 0.1) is 0 Å². The van der Waals surface area contributed by atoms with E-state index < -0.39 is 23.4 Å². The highest BCUT2D eigenvalue weighted by molar-refractivity contribution is 5.91. The molecule has 0 saturated carbocycles. The third kappa shape index (κ3) is 5.71. The highest BCUT2D eigenvalue weighted by Crippen LogP contribution is 2.34. The molecule has 0 bridgehead atoms. The Bertz CT molecular complexity index is 1060. The number of ether oxygens (including phenoxy) is 1. The van der Waals surface area contributed by atoms with Crippen LogP contribution in [-0.2, 0) is 22.1 Å². The summed E-state index contributed by atoms with van der Waals surface area (Å²) in [7, 11) is 0. The number of pyridine rings is 1. The molecule has 0 aliphatic rings. The zero-order valence-electron chi connectivity index (χ0n) is 17.2. The topological polar surface area (TPSA) is 86.1 Å². The molecule has 2 heterocycles. The fraction of sp³-hybridized carbons (Fsp3) is 0.273. The molecule has 0 radical (unpaired) electrons. The van der Waals surface area contributed by atoms with Crippen LogP contribution in [0.15, 0.2) is 54.9 Å². The van der Waals surface area contributed by atoms with Crippen molar-refractivity contribution in [2.45, 2.75) is 32.4 Å². The number of benzene rings is 1. The van der Waals surface area contributed by atoms with E-state index in [0.717, 1.165) is 11.9 Å². The van der Waals surface area contributed by atoms with E-state index in [1.165, 1.54) is 31.2 Å². The molecule has 3 aromatic rings. The summed E-state index contributed by atoms with van der Waals surface area (Å²) in [6.07, 6.45) is -0.748. The Balaban J connectivity index is 1.67. The molecule has 7 nitrogen and oxygen atoms in total. The van der Waals surface area contributed by atoms with Gasteiger partial charge in [-0.05, 0) is 56.2 Å². The lowest BCUT2D eigenvalue weighted by molar-refractivity contribution is -0.143. The number of carbonyl (C=O) groups is 2. The molecular weight excluding hydrogens is 425 g/mol. The van der Waals surface area contributed by atoms with Crippen molar-refractivity contribution in [2.24, 2.45) is 0 Å². The third-order valence-electron chi connectivity index (χ3n) is 4.49. The fourth-order valence-corrected chi connectivity index (χ4v) is 3.06. The fourth-order valence-electron chi connectivity index (χ4n) is 3.06. The Kier molecular flexibility index (Phi) is 7.24. The van der Waals surface area contributed by atoms with Crippen molar-refractivity contribution in [1.29, 1.82) is 0 Å². The van der Waals surface area contributed by atoms with E-state index in [9.17, 15) is 22.8 Å². The molecule has 0 spiro atoms. The highest BCUT2D eigenvalue weighted by atomic mass is 19.4. The first kappa shape index (κ1) is 23.0. The summed E-state index contributed by atoms with van der Waals surface area (Å²) in [5.41, 5.74) is -0.470. The summed E-state index contributed by atoms with van der Waals surface area (Å²) in [6, 6.07) is 11.3. The predicted octanol–water partition coefficient (Wildman–Crippen LogP) is 4.42. The predicted molar refractivity (Wildman–Crippen MR) is 110 cm³/mol. The summed E-state index contributed by atoms with van der Waals surface area (Å²) < 4.78 is 46.1. The molecule has 1 aromatic carbocycles. The number of carbonyl (C=O) groups excluding carboxylic acids is 2. The summed E-state index contributed by atoms with van der Waals surface area (Å²) >= 11 is 0. The maximum Gasteiger partial charge on any atom is 0.434 e. The Labute approximate surface area is 182 Å². The number of rotatable bonds is 8. The number of halogens is 3. The molecule has 1 N–H and O–H groups in total. The van der Waals surface area contributed by atoms with E-state index in [-0.39, 0.29) is 24.6 Å². The van der Waals surface area contributed by atoms with Gasteiger partial charge in [-0.1, -0.05) is 6.07 Å². The minimum atomic E-state index is -4.82. The molecule has 3 rings (SSSR count). The second-order valence-electron chi connectivity index (χ2n) is 6.81. The number of nitrogens with zero attached hydrogens (tertiary/aromatic N) is 3. The van der Waals surface area contributed by atoms with Crippen LogP contribution in [0.1, 0.15) is 41.5 Å². The van der Waals surface area contributed by atoms with Gasteiger partial charge >= 0.3 is 12.1 Å². The van der Waals surface area contributed by atoms with Crippen molar-refractivity contribution in [3.05, 3.63) is 71.8 Å². The number of alkyl halides is 3. The van der Waals surface area contributed by atoms with E-state index in [1.807, 2.05) is 18.2 Å². The monoisotopic (exact) mass is 446 g/mol. The molecule has 0 atom stereocenters. The van der Waals surface area contributed by atoms with Crippen LogP contribution >= 0.6 is 0 Å². The van der Waals surface area contributed by atoms with Gasteiger partial charge in [-0.2, -0.15) is 18.3 Å². The summed E-state index contributed by atoms with van der Waals surface area (Å²) in [5.74, 6) is -1.31. The molecule has 0 unspecified atom stereocenters. The first-order valence-electron chi connectivity index (χ1n) is 9.92. The van der Waals surface area contributed by atoms with E-state index in [1.54, 1.807) is 6.20 Å². The summed E-state index contributed by atoms with van der Waals surface area (Å²) in [4.78, 5) is 28.2. The van der Waals surface area contributed by atoms with Gasteiger partial charge < -0.3 is 10.1 Å². The first-order valence-corrected chi connectivity index (χ1v) is 9.92. The van der Waals surface area contributed by atoms with Gasteiger partial charge in [-0.3, -0.25) is 9.78 Å². The minimum absolute atomic E-state index is 0.0580. The van der Waals surface area contributed by atoms with Gasteiger partial charge in [0.05, 0.1) is 18.5 Å². The number of nitrogens with one attached hydrogen (secondary N) is 1. The molecule has 0 aliphatic carbocycles. The molecule has 10 heteroatoms. The van der Waals surface area contributed by atoms with E-state index in [4.69, 9.17) is 4.74 Å². The first-order chi connectivity index (χ1) is 15.3. The second kappa shape index (κ2) is 10.1. The van der Waals surface area contributed by atoms with Gasteiger partial charge in [0.15, 0.2) is 5.69 Å². The van der Waals surface area contributed by atoms with Crippen molar-refractivity contribution in [1.82, 2.24) is 14.8 Å². The minimum Gasteiger partial charge on any atom is -0.462 e. The van der Waals surface area contributed by atoms with Crippen LogP contribution < -0.4 is 5.32 Å². The van der Waals surface area contributed by atoms with E-state index >= 15 is 0 Å². The Morgan fingerprint density at radius 3 is 2.50 bits per heavy atom. The Morgan fingerprint density at radius 1 is 1.12 bits per heavy atom. The number of aryl methyl sites for hydroxylation is 1. The zero-order valence-corrected chi connectivity index (χ0v) is 17.2. The molecule has 32 heavy (non-hydrogen) atoms. The summed E-state index contributed by atoms with van der Waals surface area (Å²) in [6.45, 7) is 1.44. The zero-order chi connectivity index (χ0) is 23.1. The number of anilines is 1. The van der Waals surface area contributed by atoms with E-state index in [2.05, 4.69) is 15.4 Å². The van der Waals surface area contributed by atoms with Gasteiger partial charge in [-0.25, -0.2) is 9.48 Å². The van der Waals surface area contributed by atoms with Gasteiger partial charge in [-0.15, -0.1) is 0 Å². The van der Waals surface area contributed by atoms with Crippen LogP contribution in [0.2, 0.25) is 0 Å². The summed E-state index contributed by atoms with van der Waals surface area (Å²) in [5, 5.41) is 6.43. The van der Waals surface area contributed by atoms with Crippen LogP contribution in [-0.4, -0.2) is 33.2 Å². The molecule has 0 fully saturated rings. The third-order valence-corrected chi connectivity index (χ3v) is 4.49. The molecule has 168 valence electrons. The molecule has 0 saturated heterocycles. The average Bonchev–Trinajstić information content (AvgIpc) is 3.21. The van der Waals surface area contributed by atoms with Crippen LogP contribution in [0.4, 0.5) is 18.9 Å². The molecular formula is C22H21F3N4O3. The van der Waals surface area contributed by atoms with Gasteiger partial charge in [0.1, 0.15) is 5.56 Å². The maximum atomic E-state index is 13.6. The number of esters is 1. The molecule has 2 aromatic heterocycles. The molecule has 0 aliphatic heterocycles. The average molecular weight is 446 g/mol. The standard InChI is InChI=1S/C22H21F3N4O3/c1-2-32-21(31)18-14-27-29(20(18)22(23,24)25)17-11-9-16(10-12-17)28-19(30)8-5-7-15-6-3-4-13-26-15/h3-4,6,9-14H,2,5,7-8H2,1H3,(H,28,30). The normalized spacial score (nSPS) is 11.2. The number of hydrogen-bond acceptors (Lipinski definition) is 5. The largest absolute Gasteiger partial charge is 0.462 e. The SMILES string of the molecule is CCOC(=O)c1cnn(-c2ccc(NC(=O)CCCc3ccccn3)cc2)c1C(F)(F)F. The van der Waals surface area contributed by atoms with Crippen LogP contribution in [0.3, 0.4) is 0 Å². The Hall–Kier alpha value is -3.69. The van der Waals surface area contributed by atoms with Crippen LogP contribution in [0.25, 0.3) is 5.69 Å². The maximum absolute atomic E-state index is 13.6. The highest BCUT2D eigenvalue weighted by Gasteiger charge is 2.41. The van der Waals surface area contributed by atoms with Gasteiger partial charge in [0.25, 0.3) is 0 Å². The lowest BCUT2D eigenvalue weighted by Crippen LogP contribution is -2.18. The molecule has 1 amide bonds. The van der Waals surface area contributed by atoms with Gasteiger partial charge in [0, 0.05) is 24.0 Å². The van der Waals surface area contributed by atoms with Crippen molar-refractivity contribution < 1.29 is 27.5 Å². The van der Waals surface area contributed by atoms with Crippen molar-refractivity contribution >= 4 is 17.6 Å². The quantitative estimate of drug-likeness (QED) is 0.518. The lowest BCUT2D eigenvalue weighted by atomic mass is 10.1.